The van der Waals surface area contributed by atoms with E-state index in [-0.39, 0.29) is 16.7 Å². The first-order valence-corrected chi connectivity index (χ1v) is 9.80. The normalized spacial score (nSPS) is 12.0. The van der Waals surface area contributed by atoms with Gasteiger partial charge in [-0.15, -0.1) is 0 Å². The van der Waals surface area contributed by atoms with Gasteiger partial charge in [-0.2, -0.15) is 0 Å². The Morgan fingerprint density at radius 3 is 2.18 bits per heavy atom. The van der Waals surface area contributed by atoms with Crippen molar-refractivity contribution in [2.75, 3.05) is 23.1 Å². The Morgan fingerprint density at radius 1 is 1.04 bits per heavy atom. The van der Waals surface area contributed by atoms with E-state index < -0.39 is 16.1 Å². The van der Waals surface area contributed by atoms with Crippen molar-refractivity contribution in [2.24, 2.45) is 5.14 Å². The highest BCUT2D eigenvalue weighted by Gasteiger charge is 2.16. The molecule has 2 rings (SSSR count). The number of hydrogen-bond donors (Lipinski definition) is 4. The third-order valence-corrected chi connectivity index (χ3v) is 4.66. The van der Waals surface area contributed by atoms with Crippen molar-refractivity contribution < 1.29 is 22.7 Å². The van der Waals surface area contributed by atoms with Crippen LogP contribution in [0.2, 0.25) is 0 Å². The number of amides is 2. The van der Waals surface area contributed by atoms with Gasteiger partial charge in [0.15, 0.2) is 0 Å². The van der Waals surface area contributed by atoms with Crippen LogP contribution >= 0.6 is 0 Å². The summed E-state index contributed by atoms with van der Waals surface area (Å²) in [6, 6.07) is 9.87. The molecule has 0 aliphatic rings. The fraction of sp³-hybridized carbons (Fsp3) is 0.222. The summed E-state index contributed by atoms with van der Waals surface area (Å²) in [4.78, 5) is 23.6. The second kappa shape index (κ2) is 8.72. The van der Waals surface area contributed by atoms with E-state index in [2.05, 4.69) is 16.0 Å². The maximum atomic E-state index is 12.4. The lowest BCUT2D eigenvalue weighted by atomic mass is 10.2. The molecule has 0 heterocycles. The molecule has 1 atom stereocenters. The van der Waals surface area contributed by atoms with Gasteiger partial charge >= 0.3 is 0 Å². The molecule has 10 heteroatoms. The molecule has 9 nitrogen and oxygen atoms in total. The number of carbonyl (C=O) groups excluding carboxylic acids is 2. The number of nitrogens with one attached hydrogen (secondary N) is 3. The molecule has 150 valence electrons. The first-order valence-electron chi connectivity index (χ1n) is 8.26. The Balaban J connectivity index is 2.10. The summed E-state index contributed by atoms with van der Waals surface area (Å²) in [6.07, 6.45) is 0. The van der Waals surface area contributed by atoms with Crippen LogP contribution in [0.5, 0.6) is 5.75 Å². The van der Waals surface area contributed by atoms with Crippen LogP contribution in [0.25, 0.3) is 0 Å². The molecular formula is C18H22N4O5S. The van der Waals surface area contributed by atoms with Gasteiger partial charge in [0.25, 0.3) is 0 Å². The molecule has 2 aromatic carbocycles. The molecule has 0 aliphatic carbocycles. The number of primary sulfonamides is 1. The predicted octanol–water partition coefficient (Wildman–Crippen LogP) is 1.74. The Hall–Kier alpha value is -3.11. The molecule has 0 saturated carbocycles. The van der Waals surface area contributed by atoms with Gasteiger partial charge in [0, 0.05) is 18.3 Å². The molecule has 0 aliphatic heterocycles. The number of carbonyl (C=O) groups is 2. The molecule has 2 amide bonds. The minimum Gasteiger partial charge on any atom is -0.495 e. The molecule has 0 spiro atoms. The molecule has 2 aromatic rings. The van der Waals surface area contributed by atoms with Crippen LogP contribution in [0.1, 0.15) is 13.8 Å². The lowest BCUT2D eigenvalue weighted by molar-refractivity contribution is -0.116. The standard InChI is InChI=1S/C18H22N4O5S/c1-11(18(24)22-13-4-7-15(8-5-13)28(19,25)26)20-16-10-14(21-12(2)23)6-9-17(16)27-3/h4-11,20H,1-3H3,(H,21,23)(H,22,24)(H2,19,25,26)/t11-/m1/s1. The van der Waals surface area contributed by atoms with Crippen molar-refractivity contribution in [1.29, 1.82) is 0 Å². The highest BCUT2D eigenvalue weighted by Crippen LogP contribution is 2.28. The number of anilines is 3. The maximum absolute atomic E-state index is 12.4. The number of ether oxygens (including phenoxy) is 1. The van der Waals surface area contributed by atoms with E-state index in [1.54, 1.807) is 25.1 Å². The fourth-order valence-electron chi connectivity index (χ4n) is 2.38. The van der Waals surface area contributed by atoms with Gasteiger partial charge < -0.3 is 20.7 Å². The maximum Gasteiger partial charge on any atom is 0.246 e. The number of nitrogens with two attached hydrogens (primary N) is 1. The average molecular weight is 406 g/mol. The number of hydrogen-bond acceptors (Lipinski definition) is 6. The van der Waals surface area contributed by atoms with Crippen molar-refractivity contribution in [3.8, 4) is 5.75 Å². The Morgan fingerprint density at radius 2 is 1.64 bits per heavy atom. The van der Waals surface area contributed by atoms with Crippen LogP contribution < -0.4 is 25.8 Å². The summed E-state index contributed by atoms with van der Waals surface area (Å²) in [5.41, 5.74) is 1.51. The number of rotatable bonds is 7. The zero-order chi connectivity index (χ0) is 20.9. The Kier molecular flexibility index (Phi) is 6.60. The van der Waals surface area contributed by atoms with E-state index in [0.717, 1.165) is 0 Å². The van der Waals surface area contributed by atoms with Gasteiger partial charge in [-0.1, -0.05) is 0 Å². The minimum atomic E-state index is -3.79. The third kappa shape index (κ3) is 5.69. The SMILES string of the molecule is COc1ccc(NC(C)=O)cc1N[C@H](C)C(=O)Nc1ccc(S(N)(=O)=O)cc1. The Labute approximate surface area is 163 Å². The molecule has 5 N–H and O–H groups in total. The topological polar surface area (TPSA) is 140 Å². The van der Waals surface area contributed by atoms with Crippen molar-refractivity contribution in [1.82, 2.24) is 0 Å². The highest BCUT2D eigenvalue weighted by molar-refractivity contribution is 7.89. The predicted molar refractivity (Wildman–Crippen MR) is 107 cm³/mol. The summed E-state index contributed by atoms with van der Waals surface area (Å²) in [5.74, 6) is -0.0635. The number of methoxy groups -OCH3 is 1. The summed E-state index contributed by atoms with van der Waals surface area (Å²) in [6.45, 7) is 3.05. The van der Waals surface area contributed by atoms with E-state index in [4.69, 9.17) is 9.88 Å². The molecule has 0 radical (unpaired) electrons. The molecular weight excluding hydrogens is 384 g/mol. The molecule has 0 aromatic heterocycles. The second-order valence-corrected chi connectivity index (χ2v) is 7.58. The van der Waals surface area contributed by atoms with E-state index in [0.29, 0.717) is 22.8 Å². The number of sulfonamides is 1. The average Bonchev–Trinajstić information content (AvgIpc) is 2.61. The van der Waals surface area contributed by atoms with Crippen LogP contribution in [-0.2, 0) is 19.6 Å². The summed E-state index contributed by atoms with van der Waals surface area (Å²) in [5, 5.41) is 13.4. The first-order chi connectivity index (χ1) is 13.1. The zero-order valence-electron chi connectivity index (χ0n) is 15.6. The quantitative estimate of drug-likeness (QED) is 0.552. The van der Waals surface area contributed by atoms with Crippen LogP contribution in [0.15, 0.2) is 47.4 Å². The van der Waals surface area contributed by atoms with Crippen molar-refractivity contribution >= 4 is 38.9 Å². The van der Waals surface area contributed by atoms with Gasteiger partial charge in [-0.3, -0.25) is 9.59 Å². The third-order valence-electron chi connectivity index (χ3n) is 3.74. The summed E-state index contributed by atoms with van der Waals surface area (Å²) >= 11 is 0. The van der Waals surface area contributed by atoms with Gasteiger partial charge in [-0.05, 0) is 49.4 Å². The lowest BCUT2D eigenvalue weighted by Gasteiger charge is -2.18. The monoisotopic (exact) mass is 406 g/mol. The van der Waals surface area contributed by atoms with E-state index >= 15 is 0 Å². The van der Waals surface area contributed by atoms with Gasteiger partial charge in [0.1, 0.15) is 11.8 Å². The summed E-state index contributed by atoms with van der Waals surface area (Å²) < 4.78 is 27.8. The number of benzene rings is 2. The first kappa shape index (κ1) is 21.2. The van der Waals surface area contributed by atoms with Gasteiger partial charge in [0.05, 0.1) is 17.7 Å². The molecule has 0 fully saturated rings. The van der Waals surface area contributed by atoms with Crippen LogP contribution in [-0.4, -0.2) is 33.4 Å². The largest absolute Gasteiger partial charge is 0.495 e. The zero-order valence-corrected chi connectivity index (χ0v) is 16.5. The molecule has 0 saturated heterocycles. The Bertz CT molecular complexity index is 974. The van der Waals surface area contributed by atoms with Gasteiger partial charge in [-0.25, -0.2) is 13.6 Å². The van der Waals surface area contributed by atoms with E-state index in [1.165, 1.54) is 38.3 Å². The van der Waals surface area contributed by atoms with Gasteiger partial charge in [0.2, 0.25) is 21.8 Å². The van der Waals surface area contributed by atoms with Crippen LogP contribution in [0.3, 0.4) is 0 Å². The van der Waals surface area contributed by atoms with E-state index in [9.17, 15) is 18.0 Å². The second-order valence-electron chi connectivity index (χ2n) is 6.02. The van der Waals surface area contributed by atoms with Crippen molar-refractivity contribution in [3.63, 3.8) is 0 Å². The smallest absolute Gasteiger partial charge is 0.246 e. The minimum absolute atomic E-state index is 0.0452. The van der Waals surface area contributed by atoms with Crippen molar-refractivity contribution in [2.45, 2.75) is 24.8 Å². The van der Waals surface area contributed by atoms with Crippen LogP contribution in [0.4, 0.5) is 17.1 Å². The highest BCUT2D eigenvalue weighted by atomic mass is 32.2. The molecule has 0 bridgehead atoms. The van der Waals surface area contributed by atoms with E-state index in [1.807, 2.05) is 0 Å². The molecule has 28 heavy (non-hydrogen) atoms. The van der Waals surface area contributed by atoms with Crippen molar-refractivity contribution in [3.05, 3.63) is 42.5 Å². The lowest BCUT2D eigenvalue weighted by Crippen LogP contribution is -2.32. The summed E-state index contributed by atoms with van der Waals surface area (Å²) in [7, 11) is -2.30. The fourth-order valence-corrected chi connectivity index (χ4v) is 2.89. The molecule has 0 unspecified atom stereocenters. The van der Waals surface area contributed by atoms with Crippen LogP contribution in [0, 0.1) is 0 Å².